The molecule has 0 aromatic carbocycles. The average molecular weight is 321 g/mol. The summed E-state index contributed by atoms with van der Waals surface area (Å²) in [4.78, 5) is 14.3. The Hall–Kier alpha value is -1.17. The zero-order valence-corrected chi connectivity index (χ0v) is 13.6. The lowest BCUT2D eigenvalue weighted by Crippen LogP contribution is -2.29. The van der Waals surface area contributed by atoms with Gasteiger partial charge in [-0.3, -0.25) is 4.79 Å². The van der Waals surface area contributed by atoms with E-state index in [4.69, 9.17) is 4.74 Å². The molecule has 2 aromatic heterocycles. The van der Waals surface area contributed by atoms with E-state index in [1.54, 1.807) is 22.7 Å². The van der Waals surface area contributed by atoms with E-state index < -0.39 is 0 Å². The number of nitrogens with one attached hydrogen (secondary N) is 1. The second kappa shape index (κ2) is 6.73. The van der Waals surface area contributed by atoms with Crippen molar-refractivity contribution in [2.24, 2.45) is 5.92 Å². The molecule has 2 atom stereocenters. The maximum atomic E-state index is 11.7. The SMILES string of the molecule is COC(=O)CC(NC(c1cccs1)C1CC1)c1cccs1. The maximum Gasteiger partial charge on any atom is 0.307 e. The molecule has 0 aliphatic heterocycles. The summed E-state index contributed by atoms with van der Waals surface area (Å²) in [7, 11) is 1.45. The van der Waals surface area contributed by atoms with Crippen LogP contribution in [0.3, 0.4) is 0 Å². The molecule has 0 radical (unpaired) electrons. The van der Waals surface area contributed by atoms with Gasteiger partial charge in [0.1, 0.15) is 0 Å². The maximum absolute atomic E-state index is 11.7. The Labute approximate surface area is 133 Å². The summed E-state index contributed by atoms with van der Waals surface area (Å²) in [6, 6.07) is 8.78. The van der Waals surface area contributed by atoms with Crippen LogP contribution in [-0.2, 0) is 9.53 Å². The van der Waals surface area contributed by atoms with Gasteiger partial charge in [-0.15, -0.1) is 22.7 Å². The van der Waals surface area contributed by atoms with Gasteiger partial charge in [0, 0.05) is 15.8 Å². The van der Waals surface area contributed by atoms with Crippen LogP contribution in [0.1, 0.15) is 41.1 Å². The Kier molecular flexibility index (Phi) is 4.73. The normalized spacial score (nSPS) is 17.4. The number of hydrogen-bond acceptors (Lipinski definition) is 5. The number of hydrogen-bond donors (Lipinski definition) is 1. The summed E-state index contributed by atoms with van der Waals surface area (Å²) in [6.07, 6.45) is 2.92. The van der Waals surface area contributed by atoms with Crippen LogP contribution in [0, 0.1) is 5.92 Å². The van der Waals surface area contributed by atoms with Gasteiger partial charge >= 0.3 is 5.97 Å². The van der Waals surface area contributed by atoms with Gasteiger partial charge in [0.25, 0.3) is 0 Å². The molecule has 1 saturated carbocycles. The topological polar surface area (TPSA) is 38.3 Å². The van der Waals surface area contributed by atoms with Crippen LogP contribution in [0.25, 0.3) is 0 Å². The molecule has 1 fully saturated rings. The molecule has 3 nitrogen and oxygen atoms in total. The number of carbonyl (C=O) groups excluding carboxylic acids is 1. The average Bonchev–Trinajstić information content (AvgIpc) is 2.97. The first-order valence-corrected chi connectivity index (χ1v) is 8.93. The number of methoxy groups -OCH3 is 1. The second-order valence-electron chi connectivity index (χ2n) is 5.35. The minimum absolute atomic E-state index is 0.0325. The summed E-state index contributed by atoms with van der Waals surface area (Å²) < 4.78 is 4.86. The van der Waals surface area contributed by atoms with Gasteiger partial charge in [-0.05, 0) is 41.7 Å². The van der Waals surface area contributed by atoms with Crippen LogP contribution in [-0.4, -0.2) is 13.1 Å². The number of ether oxygens (including phenoxy) is 1. The monoisotopic (exact) mass is 321 g/mol. The molecular formula is C16H19NO2S2. The fourth-order valence-electron chi connectivity index (χ4n) is 2.55. The Morgan fingerprint density at radius 2 is 1.95 bits per heavy atom. The first-order chi connectivity index (χ1) is 10.3. The Morgan fingerprint density at radius 3 is 2.48 bits per heavy atom. The van der Waals surface area contributed by atoms with Gasteiger partial charge in [-0.1, -0.05) is 12.1 Å². The van der Waals surface area contributed by atoms with Crippen molar-refractivity contribution in [1.29, 1.82) is 0 Å². The van der Waals surface area contributed by atoms with E-state index in [0.717, 1.165) is 0 Å². The van der Waals surface area contributed by atoms with E-state index in [1.807, 2.05) is 6.07 Å². The van der Waals surface area contributed by atoms with Crippen molar-refractivity contribution in [3.05, 3.63) is 44.8 Å². The predicted octanol–water partition coefficient (Wildman–Crippen LogP) is 4.15. The summed E-state index contributed by atoms with van der Waals surface area (Å²) in [5, 5.41) is 7.88. The number of esters is 1. The van der Waals surface area contributed by atoms with Gasteiger partial charge in [0.05, 0.1) is 19.6 Å². The molecule has 21 heavy (non-hydrogen) atoms. The third-order valence-electron chi connectivity index (χ3n) is 3.81. The minimum atomic E-state index is -0.165. The summed E-state index contributed by atoms with van der Waals surface area (Å²) in [5.41, 5.74) is 0. The lowest BCUT2D eigenvalue weighted by Gasteiger charge is -2.24. The molecular weight excluding hydrogens is 302 g/mol. The number of carbonyl (C=O) groups is 1. The van der Waals surface area contributed by atoms with Crippen LogP contribution >= 0.6 is 22.7 Å². The van der Waals surface area contributed by atoms with Crippen LogP contribution in [0.4, 0.5) is 0 Å². The zero-order chi connectivity index (χ0) is 14.7. The highest BCUT2D eigenvalue weighted by Gasteiger charge is 2.35. The van der Waals surface area contributed by atoms with Gasteiger partial charge < -0.3 is 10.1 Å². The van der Waals surface area contributed by atoms with Crippen molar-refractivity contribution in [1.82, 2.24) is 5.32 Å². The fourth-order valence-corrected chi connectivity index (χ4v) is 4.21. The van der Waals surface area contributed by atoms with Gasteiger partial charge in [0.15, 0.2) is 0 Å². The molecule has 2 heterocycles. The van der Waals surface area contributed by atoms with Crippen molar-refractivity contribution in [3.8, 4) is 0 Å². The van der Waals surface area contributed by atoms with Gasteiger partial charge in [-0.2, -0.15) is 0 Å². The molecule has 0 bridgehead atoms. The van der Waals surface area contributed by atoms with Gasteiger partial charge in [0.2, 0.25) is 0 Å². The Morgan fingerprint density at radius 1 is 1.29 bits per heavy atom. The van der Waals surface area contributed by atoms with Crippen molar-refractivity contribution in [2.75, 3.05) is 7.11 Å². The summed E-state index contributed by atoms with van der Waals surface area (Å²) in [5.74, 6) is 0.533. The van der Waals surface area contributed by atoms with E-state index in [1.165, 1.54) is 29.7 Å². The largest absolute Gasteiger partial charge is 0.469 e. The lowest BCUT2D eigenvalue weighted by molar-refractivity contribution is -0.141. The second-order valence-corrected chi connectivity index (χ2v) is 7.30. The molecule has 1 aliphatic rings. The van der Waals surface area contributed by atoms with Crippen LogP contribution in [0.15, 0.2) is 35.0 Å². The molecule has 0 spiro atoms. The van der Waals surface area contributed by atoms with Crippen molar-refractivity contribution in [3.63, 3.8) is 0 Å². The highest BCUT2D eigenvalue weighted by molar-refractivity contribution is 7.10. The number of thiophene rings is 2. The predicted molar refractivity (Wildman–Crippen MR) is 86.6 cm³/mol. The third-order valence-corrected chi connectivity index (χ3v) is 5.75. The molecule has 2 aromatic rings. The standard InChI is InChI=1S/C16H19NO2S2/c1-19-15(18)10-12(13-4-2-8-20-13)17-16(11-6-7-11)14-5-3-9-21-14/h2-5,8-9,11-12,16-17H,6-7,10H2,1H3. The van der Waals surface area contributed by atoms with Crippen LogP contribution in [0.5, 0.6) is 0 Å². The van der Waals surface area contributed by atoms with Gasteiger partial charge in [-0.25, -0.2) is 0 Å². The number of rotatable bonds is 7. The zero-order valence-electron chi connectivity index (χ0n) is 12.0. The Balaban J connectivity index is 1.77. The smallest absolute Gasteiger partial charge is 0.307 e. The minimum Gasteiger partial charge on any atom is -0.469 e. The molecule has 1 N–H and O–H groups in total. The molecule has 0 amide bonds. The molecule has 112 valence electrons. The van der Waals surface area contributed by atoms with E-state index in [9.17, 15) is 4.79 Å². The van der Waals surface area contributed by atoms with E-state index in [0.29, 0.717) is 18.4 Å². The summed E-state index contributed by atoms with van der Waals surface area (Å²) >= 11 is 3.48. The van der Waals surface area contributed by atoms with Crippen molar-refractivity contribution in [2.45, 2.75) is 31.3 Å². The first-order valence-electron chi connectivity index (χ1n) is 7.17. The third kappa shape index (κ3) is 3.73. The van der Waals surface area contributed by atoms with E-state index >= 15 is 0 Å². The van der Waals surface area contributed by atoms with Crippen molar-refractivity contribution < 1.29 is 9.53 Å². The Bertz CT molecular complexity index is 561. The first kappa shape index (κ1) is 14.8. The summed E-state index contributed by atoms with van der Waals surface area (Å²) in [6.45, 7) is 0. The van der Waals surface area contributed by atoms with E-state index in [2.05, 4.69) is 34.3 Å². The van der Waals surface area contributed by atoms with Crippen LogP contribution in [0.2, 0.25) is 0 Å². The molecule has 3 rings (SSSR count). The fraction of sp³-hybridized carbons (Fsp3) is 0.438. The highest BCUT2D eigenvalue weighted by Crippen LogP contribution is 2.44. The molecule has 2 unspecified atom stereocenters. The molecule has 5 heteroatoms. The van der Waals surface area contributed by atoms with E-state index in [-0.39, 0.29) is 12.0 Å². The molecule has 1 aliphatic carbocycles. The molecule has 0 saturated heterocycles. The van der Waals surface area contributed by atoms with Crippen LogP contribution < -0.4 is 5.32 Å². The van der Waals surface area contributed by atoms with Crippen molar-refractivity contribution >= 4 is 28.6 Å². The lowest BCUT2D eigenvalue weighted by atomic mass is 10.1. The highest BCUT2D eigenvalue weighted by atomic mass is 32.1. The quantitative estimate of drug-likeness (QED) is 0.778.